The number of rotatable bonds is 4. The fraction of sp³-hybridized carbons (Fsp3) is 0.588. The van der Waals surface area contributed by atoms with Crippen molar-refractivity contribution in [3.05, 3.63) is 29.3 Å². The SMILES string of the molecule is CC1(C)Cc2cc(CNC(=O)CC3CNCCO3)ccc2O1.Cl. The molecule has 1 saturated heterocycles. The third-order valence-electron chi connectivity index (χ3n) is 4.03. The predicted molar refractivity (Wildman–Crippen MR) is 91.2 cm³/mol. The van der Waals surface area contributed by atoms with Gasteiger partial charge in [-0.15, -0.1) is 12.4 Å². The van der Waals surface area contributed by atoms with Gasteiger partial charge in [-0.1, -0.05) is 12.1 Å². The summed E-state index contributed by atoms with van der Waals surface area (Å²) in [4.78, 5) is 12.0. The van der Waals surface area contributed by atoms with Gasteiger partial charge in [0.1, 0.15) is 11.4 Å². The summed E-state index contributed by atoms with van der Waals surface area (Å²) < 4.78 is 11.4. The molecule has 0 saturated carbocycles. The smallest absolute Gasteiger partial charge is 0.222 e. The van der Waals surface area contributed by atoms with Crippen LogP contribution in [0.25, 0.3) is 0 Å². The molecule has 1 fully saturated rings. The van der Waals surface area contributed by atoms with E-state index >= 15 is 0 Å². The Morgan fingerprint density at radius 3 is 3.00 bits per heavy atom. The number of morpholine rings is 1. The van der Waals surface area contributed by atoms with Gasteiger partial charge in [-0.2, -0.15) is 0 Å². The zero-order chi connectivity index (χ0) is 15.6. The van der Waals surface area contributed by atoms with E-state index in [2.05, 4.69) is 30.5 Å². The van der Waals surface area contributed by atoms with E-state index in [1.807, 2.05) is 12.1 Å². The second-order valence-electron chi connectivity index (χ2n) is 6.66. The molecule has 2 N–H and O–H groups in total. The van der Waals surface area contributed by atoms with Crippen LogP contribution < -0.4 is 15.4 Å². The molecule has 1 amide bonds. The molecule has 1 aromatic carbocycles. The lowest BCUT2D eigenvalue weighted by molar-refractivity contribution is -0.124. The van der Waals surface area contributed by atoms with Crippen LogP contribution >= 0.6 is 12.4 Å². The van der Waals surface area contributed by atoms with Crippen molar-refractivity contribution in [2.45, 2.75) is 44.9 Å². The van der Waals surface area contributed by atoms with Crippen molar-refractivity contribution in [1.82, 2.24) is 10.6 Å². The number of hydrogen-bond acceptors (Lipinski definition) is 4. The second kappa shape index (κ2) is 7.51. The molecule has 1 aromatic rings. The van der Waals surface area contributed by atoms with Crippen molar-refractivity contribution in [3.63, 3.8) is 0 Å². The summed E-state index contributed by atoms with van der Waals surface area (Å²) >= 11 is 0. The lowest BCUT2D eigenvalue weighted by Gasteiger charge is -2.23. The second-order valence-corrected chi connectivity index (χ2v) is 6.66. The minimum absolute atomic E-state index is 0. The van der Waals surface area contributed by atoms with Gasteiger partial charge in [-0.25, -0.2) is 0 Å². The Kier molecular flexibility index (Phi) is 5.89. The number of ether oxygens (including phenoxy) is 2. The Bertz CT molecular complexity index is 557. The summed E-state index contributed by atoms with van der Waals surface area (Å²) in [7, 11) is 0. The molecule has 0 spiro atoms. The van der Waals surface area contributed by atoms with Gasteiger partial charge >= 0.3 is 0 Å². The highest BCUT2D eigenvalue weighted by Crippen LogP contribution is 2.35. The van der Waals surface area contributed by atoms with E-state index in [4.69, 9.17) is 9.47 Å². The highest BCUT2D eigenvalue weighted by atomic mass is 35.5. The molecule has 0 aliphatic carbocycles. The third kappa shape index (κ3) is 4.83. The molecule has 2 heterocycles. The normalized spacial score (nSPS) is 21.7. The van der Waals surface area contributed by atoms with Crippen LogP contribution in [-0.4, -0.2) is 37.3 Å². The van der Waals surface area contributed by atoms with Gasteiger partial charge in [0, 0.05) is 26.1 Å². The minimum atomic E-state index is -0.129. The van der Waals surface area contributed by atoms with E-state index in [-0.39, 0.29) is 30.0 Å². The topological polar surface area (TPSA) is 59.6 Å². The molecule has 2 aliphatic rings. The number of benzene rings is 1. The molecular weight excluding hydrogens is 316 g/mol. The van der Waals surface area contributed by atoms with E-state index in [0.717, 1.165) is 30.8 Å². The van der Waals surface area contributed by atoms with Crippen LogP contribution in [0, 0.1) is 0 Å². The molecule has 0 radical (unpaired) electrons. The van der Waals surface area contributed by atoms with E-state index < -0.39 is 0 Å². The lowest BCUT2D eigenvalue weighted by atomic mass is 10.0. The molecule has 6 heteroatoms. The minimum Gasteiger partial charge on any atom is -0.487 e. The molecule has 23 heavy (non-hydrogen) atoms. The van der Waals surface area contributed by atoms with Gasteiger partial charge < -0.3 is 20.1 Å². The first-order valence-corrected chi connectivity index (χ1v) is 7.92. The molecule has 2 aliphatic heterocycles. The van der Waals surface area contributed by atoms with Crippen molar-refractivity contribution in [2.75, 3.05) is 19.7 Å². The summed E-state index contributed by atoms with van der Waals surface area (Å²) in [6.45, 7) is 7.02. The summed E-state index contributed by atoms with van der Waals surface area (Å²) in [5.74, 6) is 0.993. The van der Waals surface area contributed by atoms with Gasteiger partial charge in [0.05, 0.1) is 19.1 Å². The van der Waals surface area contributed by atoms with Gasteiger partial charge in [0.25, 0.3) is 0 Å². The first-order valence-electron chi connectivity index (χ1n) is 7.92. The van der Waals surface area contributed by atoms with Crippen molar-refractivity contribution >= 4 is 18.3 Å². The first-order chi connectivity index (χ1) is 10.5. The van der Waals surface area contributed by atoms with Crippen molar-refractivity contribution in [3.8, 4) is 5.75 Å². The Morgan fingerprint density at radius 2 is 2.26 bits per heavy atom. The summed E-state index contributed by atoms with van der Waals surface area (Å²) in [6, 6.07) is 6.14. The zero-order valence-electron chi connectivity index (χ0n) is 13.7. The van der Waals surface area contributed by atoms with Crippen LogP contribution in [0.15, 0.2) is 18.2 Å². The van der Waals surface area contributed by atoms with Crippen LogP contribution in [-0.2, 0) is 22.5 Å². The average molecular weight is 341 g/mol. The highest BCUT2D eigenvalue weighted by molar-refractivity contribution is 5.85. The predicted octanol–water partition coefficient (Wildman–Crippen LogP) is 1.82. The standard InChI is InChI=1S/C17H24N2O3.ClH/c1-17(2)9-13-7-12(3-4-15(13)22-17)10-19-16(20)8-14-11-18-5-6-21-14;/h3-4,7,14,18H,5-6,8-11H2,1-2H3,(H,19,20);1H. The highest BCUT2D eigenvalue weighted by Gasteiger charge is 2.29. The van der Waals surface area contributed by atoms with Crippen LogP contribution in [0.5, 0.6) is 5.75 Å². The molecule has 0 aromatic heterocycles. The quantitative estimate of drug-likeness (QED) is 0.877. The van der Waals surface area contributed by atoms with Gasteiger partial charge in [-0.3, -0.25) is 4.79 Å². The van der Waals surface area contributed by atoms with Crippen molar-refractivity contribution in [2.24, 2.45) is 0 Å². The Labute approximate surface area is 143 Å². The molecule has 5 nitrogen and oxygen atoms in total. The summed E-state index contributed by atoms with van der Waals surface area (Å²) in [5, 5.41) is 6.20. The molecule has 1 atom stereocenters. The number of hydrogen-bond donors (Lipinski definition) is 2. The number of nitrogens with one attached hydrogen (secondary N) is 2. The largest absolute Gasteiger partial charge is 0.487 e. The van der Waals surface area contributed by atoms with Gasteiger partial charge in [0.15, 0.2) is 0 Å². The van der Waals surface area contributed by atoms with Crippen LogP contribution in [0.2, 0.25) is 0 Å². The summed E-state index contributed by atoms with van der Waals surface area (Å²) in [5.41, 5.74) is 2.20. The molecular formula is C17H25ClN2O3. The number of carbonyl (C=O) groups is 1. The van der Waals surface area contributed by atoms with Gasteiger partial charge in [0.2, 0.25) is 5.91 Å². The fourth-order valence-corrected chi connectivity index (χ4v) is 3.00. The maximum Gasteiger partial charge on any atom is 0.222 e. The summed E-state index contributed by atoms with van der Waals surface area (Å²) in [6.07, 6.45) is 1.31. The average Bonchev–Trinajstić information content (AvgIpc) is 2.79. The maximum absolute atomic E-state index is 12.0. The van der Waals surface area contributed by atoms with E-state index in [9.17, 15) is 4.79 Å². The zero-order valence-corrected chi connectivity index (χ0v) is 14.5. The van der Waals surface area contributed by atoms with Crippen LogP contribution in [0.3, 0.4) is 0 Å². The lowest BCUT2D eigenvalue weighted by Crippen LogP contribution is -2.41. The third-order valence-corrected chi connectivity index (χ3v) is 4.03. The molecule has 1 unspecified atom stereocenters. The molecule has 128 valence electrons. The number of halogens is 1. The van der Waals surface area contributed by atoms with E-state index in [0.29, 0.717) is 19.6 Å². The monoisotopic (exact) mass is 340 g/mol. The van der Waals surface area contributed by atoms with Crippen LogP contribution in [0.4, 0.5) is 0 Å². The molecule has 3 rings (SSSR count). The van der Waals surface area contributed by atoms with Crippen molar-refractivity contribution < 1.29 is 14.3 Å². The fourth-order valence-electron chi connectivity index (χ4n) is 3.00. The number of amides is 1. The maximum atomic E-state index is 12.0. The first kappa shape index (κ1) is 18.0. The van der Waals surface area contributed by atoms with Crippen molar-refractivity contribution in [1.29, 1.82) is 0 Å². The van der Waals surface area contributed by atoms with Gasteiger partial charge in [-0.05, 0) is 31.0 Å². The number of fused-ring (bicyclic) bond motifs is 1. The van der Waals surface area contributed by atoms with E-state index in [1.54, 1.807) is 0 Å². The van der Waals surface area contributed by atoms with E-state index in [1.165, 1.54) is 5.56 Å². The number of carbonyl (C=O) groups excluding carboxylic acids is 1. The Hall–Kier alpha value is -1.30. The Morgan fingerprint density at radius 1 is 1.43 bits per heavy atom. The van der Waals surface area contributed by atoms with Crippen LogP contribution in [0.1, 0.15) is 31.4 Å². The Balaban J connectivity index is 0.00000192. The molecule has 0 bridgehead atoms.